The van der Waals surface area contributed by atoms with Crippen LogP contribution in [0.1, 0.15) is 253 Å². The summed E-state index contributed by atoms with van der Waals surface area (Å²) in [4.78, 5) is 71.2. The molecule has 0 amide bonds. The summed E-state index contributed by atoms with van der Waals surface area (Å²) in [7, 11) is -9.85. The fraction of sp³-hybridized carbons (Fsp3) is 0.925. The second-order valence-electron chi connectivity index (χ2n) is 19.7. The van der Waals surface area contributed by atoms with Crippen LogP contribution >= 0.6 is 15.6 Å². The van der Waals surface area contributed by atoms with Gasteiger partial charge in [-0.1, -0.05) is 202 Å². The van der Waals surface area contributed by atoms with Gasteiger partial charge in [0.05, 0.1) is 26.4 Å². The molecule has 5 atom stereocenters. The highest BCUT2D eigenvalue weighted by Gasteiger charge is 2.30. The molecular weight excluding hydrogens is 971 g/mol. The van der Waals surface area contributed by atoms with Gasteiger partial charge in [-0.2, -0.15) is 0 Å². The summed E-state index contributed by atoms with van der Waals surface area (Å²) in [6.07, 6.45) is 27.2. The number of phosphoric acid groups is 2. The topological polar surface area (TPSA) is 237 Å². The molecule has 0 aliphatic carbocycles. The molecule has 0 bridgehead atoms. The average molecular weight is 1070 g/mol. The van der Waals surface area contributed by atoms with E-state index in [1.807, 2.05) is 0 Å². The Kier molecular flexibility index (Phi) is 46.2. The summed E-state index contributed by atoms with van der Waals surface area (Å²) in [5, 5.41) is 10.4. The number of ether oxygens (including phenoxy) is 4. The summed E-state index contributed by atoms with van der Waals surface area (Å²) >= 11 is 0. The molecule has 17 nitrogen and oxygen atoms in total. The molecule has 19 heteroatoms. The molecule has 0 aliphatic heterocycles. The number of phosphoric ester groups is 2. The molecule has 72 heavy (non-hydrogen) atoms. The first-order chi connectivity index (χ1) is 34.5. The minimum absolute atomic E-state index is 0.103. The highest BCUT2D eigenvalue weighted by atomic mass is 31.2. The van der Waals surface area contributed by atoms with Gasteiger partial charge >= 0.3 is 39.5 Å². The molecule has 0 heterocycles. The van der Waals surface area contributed by atoms with E-state index in [-0.39, 0.29) is 25.7 Å². The van der Waals surface area contributed by atoms with E-state index in [1.54, 1.807) is 0 Å². The number of hydrogen-bond acceptors (Lipinski definition) is 15. The zero-order valence-electron chi connectivity index (χ0n) is 45.5. The normalized spacial score (nSPS) is 14.6. The van der Waals surface area contributed by atoms with Crippen molar-refractivity contribution in [3.63, 3.8) is 0 Å². The van der Waals surface area contributed by atoms with Crippen molar-refractivity contribution in [3.8, 4) is 0 Å². The summed E-state index contributed by atoms with van der Waals surface area (Å²) < 4.78 is 67.2. The van der Waals surface area contributed by atoms with Gasteiger partial charge in [0.15, 0.2) is 12.2 Å². The Balaban J connectivity index is 5.16. The monoisotopic (exact) mass is 1070 g/mol. The van der Waals surface area contributed by atoms with E-state index >= 15 is 0 Å². The number of esters is 4. The van der Waals surface area contributed by atoms with Crippen molar-refractivity contribution < 1.29 is 80.2 Å². The van der Waals surface area contributed by atoms with Gasteiger partial charge in [0.2, 0.25) is 0 Å². The third kappa shape index (κ3) is 47.8. The zero-order valence-corrected chi connectivity index (χ0v) is 47.3. The van der Waals surface area contributed by atoms with Crippen molar-refractivity contribution in [3.05, 3.63) is 0 Å². The van der Waals surface area contributed by atoms with Gasteiger partial charge in [-0.3, -0.25) is 37.3 Å². The molecule has 0 fully saturated rings. The summed E-state index contributed by atoms with van der Waals surface area (Å²) in [5.74, 6) is -1.43. The minimum atomic E-state index is -4.93. The van der Waals surface area contributed by atoms with Crippen LogP contribution in [0, 0.1) is 5.92 Å². The van der Waals surface area contributed by atoms with Gasteiger partial charge in [0.1, 0.15) is 19.3 Å². The standard InChI is InChI=1S/C53H102O17P2/c1-6-9-12-15-17-23-27-32-37-51(56)64-43-49(70-53(58)39-34-29-24-20-18-19-22-26-30-35-46(4)5)45-68-72(61,62)66-41-47(54)40-65-71(59,60)67-44-48(42-63-50(55)36-31-25-14-11-8-3)69-52(57)38-33-28-21-16-13-10-7-2/h46-49,54H,6-45H2,1-5H3,(H,59,60)(H,61,62)/t47-,48+,49+/m0/s1. The molecule has 3 N–H and O–H groups in total. The molecule has 0 saturated heterocycles. The van der Waals surface area contributed by atoms with Crippen molar-refractivity contribution >= 4 is 39.5 Å². The minimum Gasteiger partial charge on any atom is -0.462 e. The lowest BCUT2D eigenvalue weighted by atomic mass is 10.0. The molecular formula is C53H102O17P2. The molecule has 0 aromatic heterocycles. The highest BCUT2D eigenvalue weighted by Crippen LogP contribution is 2.45. The molecule has 0 aromatic rings. The van der Waals surface area contributed by atoms with Crippen LogP contribution in [0.4, 0.5) is 0 Å². The Bertz CT molecular complexity index is 1430. The first-order valence-electron chi connectivity index (χ1n) is 28.1. The van der Waals surface area contributed by atoms with Gasteiger partial charge < -0.3 is 33.8 Å². The van der Waals surface area contributed by atoms with E-state index < -0.39 is 97.5 Å². The predicted molar refractivity (Wildman–Crippen MR) is 280 cm³/mol. The van der Waals surface area contributed by atoms with E-state index in [0.29, 0.717) is 25.7 Å². The first-order valence-corrected chi connectivity index (χ1v) is 31.1. The lowest BCUT2D eigenvalue weighted by Gasteiger charge is -2.21. The van der Waals surface area contributed by atoms with Crippen LogP contribution in [0.3, 0.4) is 0 Å². The summed E-state index contributed by atoms with van der Waals surface area (Å²) in [6, 6.07) is 0. The number of rotatable bonds is 53. The van der Waals surface area contributed by atoms with Gasteiger partial charge in [-0.05, 0) is 31.6 Å². The number of carbonyl (C=O) groups is 4. The van der Waals surface area contributed by atoms with Crippen LogP contribution in [0.5, 0.6) is 0 Å². The average Bonchev–Trinajstić information content (AvgIpc) is 3.34. The number of hydrogen-bond donors (Lipinski definition) is 3. The van der Waals surface area contributed by atoms with E-state index in [4.69, 9.17) is 37.0 Å². The largest absolute Gasteiger partial charge is 0.472 e. The van der Waals surface area contributed by atoms with Crippen molar-refractivity contribution in [2.45, 2.75) is 271 Å². The Morgan fingerprint density at radius 3 is 0.944 bits per heavy atom. The molecule has 0 rings (SSSR count). The molecule has 0 radical (unpaired) electrons. The number of aliphatic hydroxyl groups excluding tert-OH is 1. The van der Waals surface area contributed by atoms with Crippen LogP contribution in [0.15, 0.2) is 0 Å². The van der Waals surface area contributed by atoms with E-state index in [1.165, 1.54) is 51.4 Å². The van der Waals surface area contributed by atoms with E-state index in [2.05, 4.69) is 34.6 Å². The van der Waals surface area contributed by atoms with Crippen LogP contribution in [-0.4, -0.2) is 96.7 Å². The third-order valence-corrected chi connectivity index (χ3v) is 13.9. The Labute approximate surface area is 435 Å². The van der Waals surface area contributed by atoms with Crippen molar-refractivity contribution in [1.29, 1.82) is 0 Å². The number of unbranched alkanes of at least 4 members (excludes halogenated alkanes) is 25. The maximum atomic E-state index is 12.8. The molecule has 0 saturated carbocycles. The summed E-state index contributed by atoms with van der Waals surface area (Å²) in [6.45, 7) is 6.92. The van der Waals surface area contributed by atoms with Crippen LogP contribution in [-0.2, 0) is 65.4 Å². The summed E-state index contributed by atoms with van der Waals surface area (Å²) in [5.41, 5.74) is 0. The van der Waals surface area contributed by atoms with Crippen LogP contribution in [0.25, 0.3) is 0 Å². The lowest BCUT2D eigenvalue weighted by Crippen LogP contribution is -2.30. The quantitative estimate of drug-likeness (QED) is 0.0222. The molecule has 0 aliphatic rings. The molecule has 2 unspecified atom stereocenters. The van der Waals surface area contributed by atoms with Gasteiger partial charge in [-0.25, -0.2) is 9.13 Å². The van der Waals surface area contributed by atoms with Crippen molar-refractivity contribution in [2.24, 2.45) is 5.92 Å². The fourth-order valence-electron chi connectivity index (χ4n) is 7.64. The van der Waals surface area contributed by atoms with Crippen molar-refractivity contribution in [1.82, 2.24) is 0 Å². The first kappa shape index (κ1) is 70.1. The molecule has 0 aromatic carbocycles. The van der Waals surface area contributed by atoms with Gasteiger partial charge in [0.25, 0.3) is 0 Å². The van der Waals surface area contributed by atoms with E-state index in [0.717, 1.165) is 121 Å². The van der Waals surface area contributed by atoms with Crippen LogP contribution in [0.2, 0.25) is 0 Å². The molecule has 0 spiro atoms. The molecule has 426 valence electrons. The highest BCUT2D eigenvalue weighted by molar-refractivity contribution is 7.47. The maximum absolute atomic E-state index is 12.8. The second-order valence-corrected chi connectivity index (χ2v) is 22.6. The number of carbonyl (C=O) groups excluding carboxylic acids is 4. The second kappa shape index (κ2) is 47.5. The SMILES string of the molecule is CCCCCCCCCCC(=O)OC[C@H](COP(=O)(O)OC[C@@H](O)COP(=O)(O)OC[C@@H](COC(=O)CCCCCCC)OC(=O)CCCCCCCCC)OC(=O)CCCCCCCCCCCC(C)C. The Morgan fingerprint density at radius 1 is 0.375 bits per heavy atom. The van der Waals surface area contributed by atoms with Gasteiger partial charge in [0, 0.05) is 25.7 Å². The smallest absolute Gasteiger partial charge is 0.462 e. The fourth-order valence-corrected chi connectivity index (χ4v) is 9.22. The lowest BCUT2D eigenvalue weighted by molar-refractivity contribution is -0.161. The zero-order chi connectivity index (χ0) is 53.6. The van der Waals surface area contributed by atoms with Crippen LogP contribution < -0.4 is 0 Å². The third-order valence-electron chi connectivity index (χ3n) is 12.0. The number of aliphatic hydroxyl groups is 1. The maximum Gasteiger partial charge on any atom is 0.472 e. The Morgan fingerprint density at radius 2 is 0.639 bits per heavy atom. The Hall–Kier alpha value is -1.94. The van der Waals surface area contributed by atoms with E-state index in [9.17, 15) is 43.2 Å². The van der Waals surface area contributed by atoms with Crippen molar-refractivity contribution in [2.75, 3.05) is 39.6 Å². The van der Waals surface area contributed by atoms with Gasteiger partial charge in [-0.15, -0.1) is 0 Å². The predicted octanol–water partition coefficient (Wildman–Crippen LogP) is 13.5.